The fourth-order valence-electron chi connectivity index (χ4n) is 1.64. The number of hydrogen-bond donors (Lipinski definition) is 3. The fraction of sp³-hybridized carbons (Fsp3) is 0.462. The minimum absolute atomic E-state index is 0.203. The Morgan fingerprint density at radius 1 is 1.53 bits per heavy atom. The summed E-state index contributed by atoms with van der Waals surface area (Å²) >= 11 is 0. The molecule has 0 aliphatic carbocycles. The van der Waals surface area contributed by atoms with Gasteiger partial charge in [-0.3, -0.25) is 4.79 Å². The van der Waals surface area contributed by atoms with Crippen LogP contribution in [0.2, 0.25) is 0 Å². The molecule has 1 aromatic rings. The maximum Gasteiger partial charge on any atom is 0.255 e. The minimum atomic E-state index is -0.464. The number of ether oxygens (including phenoxy) is 2. The highest BCUT2D eigenvalue weighted by Crippen LogP contribution is 2.26. The molecule has 106 valence electrons. The van der Waals surface area contributed by atoms with E-state index in [1.165, 1.54) is 7.11 Å². The van der Waals surface area contributed by atoms with E-state index >= 15 is 0 Å². The topological polar surface area (TPSA) is 93.8 Å². The number of rotatable bonds is 7. The predicted molar refractivity (Wildman–Crippen MR) is 72.2 cm³/mol. The Hall–Kier alpha value is -1.79. The number of para-hydroxylation sites is 1. The number of nitrogen functional groups attached to an aromatic ring is 1. The number of nitrogens with two attached hydrogens (primary N) is 1. The number of amides is 1. The lowest BCUT2D eigenvalue weighted by Gasteiger charge is -2.17. The zero-order valence-corrected chi connectivity index (χ0v) is 11.2. The number of methoxy groups -OCH3 is 1. The van der Waals surface area contributed by atoms with Gasteiger partial charge in [-0.05, 0) is 19.1 Å². The summed E-state index contributed by atoms with van der Waals surface area (Å²) in [5.74, 6) is 0.00320. The molecule has 0 aromatic heterocycles. The average molecular weight is 268 g/mol. The third-order valence-corrected chi connectivity index (χ3v) is 2.50. The van der Waals surface area contributed by atoms with Crippen molar-refractivity contribution in [3.05, 3.63) is 23.8 Å². The van der Waals surface area contributed by atoms with Crippen molar-refractivity contribution in [3.63, 3.8) is 0 Å². The molecule has 1 amide bonds. The molecular weight excluding hydrogens is 248 g/mol. The summed E-state index contributed by atoms with van der Waals surface area (Å²) < 4.78 is 10.3. The van der Waals surface area contributed by atoms with Crippen molar-refractivity contribution < 1.29 is 19.4 Å². The van der Waals surface area contributed by atoms with Gasteiger partial charge >= 0.3 is 0 Å². The molecule has 0 saturated heterocycles. The molecular formula is C13H20N2O4. The van der Waals surface area contributed by atoms with Gasteiger partial charge in [-0.25, -0.2) is 0 Å². The number of aliphatic hydroxyl groups excluding tert-OH is 1. The number of benzene rings is 1. The second kappa shape index (κ2) is 7.60. The van der Waals surface area contributed by atoms with Crippen LogP contribution in [0.5, 0.6) is 5.75 Å². The highest BCUT2D eigenvalue weighted by molar-refractivity contribution is 5.98. The molecule has 1 rings (SSSR count). The minimum Gasteiger partial charge on any atom is -0.491 e. The van der Waals surface area contributed by atoms with Crippen LogP contribution in [0.4, 0.5) is 5.69 Å². The van der Waals surface area contributed by atoms with Crippen molar-refractivity contribution in [1.82, 2.24) is 5.32 Å². The van der Waals surface area contributed by atoms with Gasteiger partial charge in [0.1, 0.15) is 0 Å². The van der Waals surface area contributed by atoms with Crippen molar-refractivity contribution in [2.24, 2.45) is 0 Å². The van der Waals surface area contributed by atoms with E-state index in [9.17, 15) is 4.79 Å². The van der Waals surface area contributed by atoms with Crippen molar-refractivity contribution in [3.8, 4) is 5.75 Å². The molecule has 0 bridgehead atoms. The Kier molecular flexibility index (Phi) is 6.11. The number of anilines is 1. The van der Waals surface area contributed by atoms with Crippen LogP contribution in [-0.4, -0.2) is 44.0 Å². The predicted octanol–water partition coefficient (Wildman–Crippen LogP) is 0.405. The van der Waals surface area contributed by atoms with Crippen LogP contribution >= 0.6 is 0 Å². The first kappa shape index (κ1) is 15.3. The fourth-order valence-corrected chi connectivity index (χ4v) is 1.64. The maximum atomic E-state index is 12.1. The van der Waals surface area contributed by atoms with E-state index in [4.69, 9.17) is 20.3 Å². The smallest absolute Gasteiger partial charge is 0.255 e. The first-order valence-corrected chi connectivity index (χ1v) is 6.06. The third kappa shape index (κ3) is 4.11. The SMILES string of the molecule is CCOc1c(N)cccc1C(=O)NC(CO)COC. The van der Waals surface area contributed by atoms with Gasteiger partial charge in [0.2, 0.25) is 0 Å². The average Bonchev–Trinajstić information content (AvgIpc) is 2.40. The van der Waals surface area contributed by atoms with Gasteiger partial charge in [-0.15, -0.1) is 0 Å². The molecule has 6 nitrogen and oxygen atoms in total. The molecule has 1 aromatic carbocycles. The lowest BCUT2D eigenvalue weighted by Crippen LogP contribution is -2.40. The zero-order chi connectivity index (χ0) is 14.3. The third-order valence-electron chi connectivity index (χ3n) is 2.50. The van der Waals surface area contributed by atoms with E-state index in [0.29, 0.717) is 23.6 Å². The van der Waals surface area contributed by atoms with Gasteiger partial charge in [-0.2, -0.15) is 0 Å². The zero-order valence-electron chi connectivity index (χ0n) is 11.2. The molecule has 0 aliphatic rings. The summed E-state index contributed by atoms with van der Waals surface area (Å²) in [5.41, 5.74) is 6.54. The molecule has 0 fully saturated rings. The Labute approximate surface area is 112 Å². The summed E-state index contributed by atoms with van der Waals surface area (Å²) in [4.78, 5) is 12.1. The molecule has 1 atom stereocenters. The molecule has 0 saturated carbocycles. The Morgan fingerprint density at radius 3 is 2.84 bits per heavy atom. The van der Waals surface area contributed by atoms with Crippen LogP contribution in [0.1, 0.15) is 17.3 Å². The monoisotopic (exact) mass is 268 g/mol. The highest BCUT2D eigenvalue weighted by Gasteiger charge is 2.18. The maximum absolute atomic E-state index is 12.1. The summed E-state index contributed by atoms with van der Waals surface area (Å²) in [6, 6.07) is 4.50. The van der Waals surface area contributed by atoms with Crippen molar-refractivity contribution in [2.75, 3.05) is 32.7 Å². The van der Waals surface area contributed by atoms with Crippen molar-refractivity contribution in [1.29, 1.82) is 0 Å². The Balaban J connectivity index is 2.89. The van der Waals surface area contributed by atoms with E-state index in [-0.39, 0.29) is 19.1 Å². The van der Waals surface area contributed by atoms with Gasteiger partial charge in [0.15, 0.2) is 5.75 Å². The number of hydrogen-bond acceptors (Lipinski definition) is 5. The lowest BCUT2D eigenvalue weighted by atomic mass is 10.1. The van der Waals surface area contributed by atoms with Crippen LogP contribution in [0.25, 0.3) is 0 Å². The highest BCUT2D eigenvalue weighted by atomic mass is 16.5. The van der Waals surface area contributed by atoms with Gasteiger partial charge < -0.3 is 25.6 Å². The summed E-state index contributed by atoms with van der Waals surface area (Å²) in [6.07, 6.45) is 0. The summed E-state index contributed by atoms with van der Waals surface area (Å²) in [7, 11) is 1.50. The van der Waals surface area contributed by atoms with E-state index < -0.39 is 6.04 Å². The van der Waals surface area contributed by atoms with Gasteiger partial charge in [0.05, 0.1) is 37.1 Å². The van der Waals surface area contributed by atoms with E-state index in [0.717, 1.165) is 0 Å². The quantitative estimate of drug-likeness (QED) is 0.622. The van der Waals surface area contributed by atoms with Gasteiger partial charge in [0, 0.05) is 7.11 Å². The van der Waals surface area contributed by atoms with Gasteiger partial charge in [-0.1, -0.05) is 6.07 Å². The van der Waals surface area contributed by atoms with Crippen molar-refractivity contribution in [2.45, 2.75) is 13.0 Å². The lowest BCUT2D eigenvalue weighted by molar-refractivity contribution is 0.0836. The largest absolute Gasteiger partial charge is 0.491 e. The molecule has 4 N–H and O–H groups in total. The number of carbonyl (C=O) groups is 1. The van der Waals surface area contributed by atoms with Crippen LogP contribution in [-0.2, 0) is 4.74 Å². The van der Waals surface area contributed by atoms with Crippen LogP contribution in [0, 0.1) is 0 Å². The van der Waals surface area contributed by atoms with Gasteiger partial charge in [0.25, 0.3) is 5.91 Å². The number of carbonyl (C=O) groups excluding carboxylic acids is 1. The molecule has 6 heteroatoms. The van der Waals surface area contributed by atoms with E-state index in [2.05, 4.69) is 5.32 Å². The Morgan fingerprint density at radius 2 is 2.26 bits per heavy atom. The standard InChI is InChI=1S/C13H20N2O4/c1-3-19-12-10(5-4-6-11(12)14)13(17)15-9(7-16)8-18-2/h4-6,9,16H,3,7-8,14H2,1-2H3,(H,15,17). The first-order valence-electron chi connectivity index (χ1n) is 6.06. The molecule has 0 spiro atoms. The molecule has 1 unspecified atom stereocenters. The van der Waals surface area contributed by atoms with Crippen LogP contribution < -0.4 is 15.8 Å². The normalized spacial score (nSPS) is 11.9. The molecule has 19 heavy (non-hydrogen) atoms. The van der Waals surface area contributed by atoms with Crippen molar-refractivity contribution >= 4 is 11.6 Å². The van der Waals surface area contributed by atoms with E-state index in [1.54, 1.807) is 18.2 Å². The second-order valence-electron chi connectivity index (χ2n) is 3.97. The van der Waals surface area contributed by atoms with Crippen LogP contribution in [0.3, 0.4) is 0 Å². The summed E-state index contributed by atoms with van der Waals surface area (Å²) in [6.45, 7) is 2.26. The number of aliphatic hydroxyl groups is 1. The van der Waals surface area contributed by atoms with Crippen LogP contribution in [0.15, 0.2) is 18.2 Å². The molecule has 0 radical (unpaired) electrons. The second-order valence-corrected chi connectivity index (χ2v) is 3.97. The number of nitrogens with one attached hydrogen (secondary N) is 1. The molecule has 0 aliphatic heterocycles. The van der Waals surface area contributed by atoms with E-state index in [1.807, 2.05) is 6.92 Å². The summed E-state index contributed by atoms with van der Waals surface area (Å²) in [5, 5.41) is 11.8. The first-order chi connectivity index (χ1) is 9.13. The molecule has 0 heterocycles. The Bertz CT molecular complexity index is 423.